The molecule has 0 aromatic heterocycles. The van der Waals surface area contributed by atoms with Crippen molar-refractivity contribution in [1.29, 1.82) is 0 Å². The van der Waals surface area contributed by atoms with E-state index in [0.717, 1.165) is 17.6 Å². The Hall–Kier alpha value is -1.02. The summed E-state index contributed by atoms with van der Waals surface area (Å²) in [5, 5.41) is 3.58. The van der Waals surface area contributed by atoms with E-state index in [1.54, 1.807) is 7.11 Å². The van der Waals surface area contributed by atoms with Crippen molar-refractivity contribution < 1.29 is 4.74 Å². The molecular formula is C18H29NO. The van der Waals surface area contributed by atoms with Gasteiger partial charge in [0, 0.05) is 6.04 Å². The fourth-order valence-electron chi connectivity index (χ4n) is 3.91. The first-order chi connectivity index (χ1) is 9.71. The summed E-state index contributed by atoms with van der Waals surface area (Å²) in [5.74, 6) is 2.62. The van der Waals surface area contributed by atoms with Gasteiger partial charge in [0.25, 0.3) is 0 Å². The lowest BCUT2D eigenvalue weighted by Gasteiger charge is -2.37. The lowest BCUT2D eigenvalue weighted by atomic mass is 9.72. The van der Waals surface area contributed by atoms with Gasteiger partial charge in [0.2, 0.25) is 0 Å². The summed E-state index contributed by atoms with van der Waals surface area (Å²) in [6.07, 6.45) is 6.85. The average Bonchev–Trinajstić information content (AvgIpc) is 2.49. The molecule has 1 aliphatic carbocycles. The van der Waals surface area contributed by atoms with Gasteiger partial charge < -0.3 is 10.1 Å². The van der Waals surface area contributed by atoms with Crippen molar-refractivity contribution in [2.24, 2.45) is 11.8 Å². The third-order valence-corrected chi connectivity index (χ3v) is 5.01. The fraction of sp³-hybridized carbons (Fsp3) is 0.667. The molecule has 112 valence electrons. The SMILES string of the molecule is CCC1CCCCC1C(NC)c1ccc(OC)c(C)c1. The number of hydrogen-bond donors (Lipinski definition) is 1. The second kappa shape index (κ2) is 7.12. The Kier molecular flexibility index (Phi) is 5.47. The van der Waals surface area contributed by atoms with Crippen molar-refractivity contribution in [3.8, 4) is 5.75 Å². The van der Waals surface area contributed by atoms with Gasteiger partial charge in [-0.3, -0.25) is 0 Å². The maximum Gasteiger partial charge on any atom is 0.121 e. The Morgan fingerprint density at radius 1 is 1.30 bits per heavy atom. The maximum atomic E-state index is 5.38. The van der Waals surface area contributed by atoms with E-state index in [2.05, 4.69) is 44.4 Å². The Morgan fingerprint density at radius 3 is 2.65 bits per heavy atom. The summed E-state index contributed by atoms with van der Waals surface area (Å²) in [4.78, 5) is 0. The van der Waals surface area contributed by atoms with E-state index in [9.17, 15) is 0 Å². The van der Waals surface area contributed by atoms with Crippen LogP contribution in [0.4, 0.5) is 0 Å². The highest BCUT2D eigenvalue weighted by Gasteiger charge is 2.30. The third-order valence-electron chi connectivity index (χ3n) is 5.01. The van der Waals surface area contributed by atoms with Gasteiger partial charge in [-0.05, 0) is 49.4 Å². The van der Waals surface area contributed by atoms with Crippen LogP contribution >= 0.6 is 0 Å². The van der Waals surface area contributed by atoms with Crippen molar-refractivity contribution in [2.45, 2.75) is 52.0 Å². The Morgan fingerprint density at radius 2 is 2.05 bits per heavy atom. The molecule has 1 N–H and O–H groups in total. The summed E-state index contributed by atoms with van der Waals surface area (Å²) >= 11 is 0. The topological polar surface area (TPSA) is 21.3 Å². The number of nitrogens with one attached hydrogen (secondary N) is 1. The van der Waals surface area contributed by atoms with Crippen molar-refractivity contribution in [3.05, 3.63) is 29.3 Å². The summed E-state index contributed by atoms with van der Waals surface area (Å²) in [6.45, 7) is 4.47. The zero-order chi connectivity index (χ0) is 14.5. The molecule has 2 heteroatoms. The molecule has 20 heavy (non-hydrogen) atoms. The number of benzene rings is 1. The van der Waals surface area contributed by atoms with E-state index in [1.165, 1.54) is 43.2 Å². The van der Waals surface area contributed by atoms with Gasteiger partial charge in [-0.2, -0.15) is 0 Å². The van der Waals surface area contributed by atoms with Crippen molar-refractivity contribution in [1.82, 2.24) is 5.32 Å². The second-order valence-corrected chi connectivity index (χ2v) is 6.11. The molecule has 0 saturated heterocycles. The quantitative estimate of drug-likeness (QED) is 0.855. The number of ether oxygens (including phenoxy) is 1. The highest BCUT2D eigenvalue weighted by molar-refractivity contribution is 5.37. The van der Waals surface area contributed by atoms with E-state index in [1.807, 2.05) is 0 Å². The largest absolute Gasteiger partial charge is 0.496 e. The molecule has 0 spiro atoms. The van der Waals surface area contributed by atoms with Gasteiger partial charge in [-0.15, -0.1) is 0 Å². The second-order valence-electron chi connectivity index (χ2n) is 6.11. The maximum absolute atomic E-state index is 5.38. The van der Waals surface area contributed by atoms with Gasteiger partial charge in [0.1, 0.15) is 5.75 Å². The highest BCUT2D eigenvalue weighted by atomic mass is 16.5. The minimum atomic E-state index is 0.477. The molecule has 1 fully saturated rings. The van der Waals surface area contributed by atoms with Crippen molar-refractivity contribution in [2.75, 3.05) is 14.2 Å². The van der Waals surface area contributed by atoms with E-state index in [-0.39, 0.29) is 0 Å². The molecule has 1 aromatic rings. The molecule has 0 bridgehead atoms. The van der Waals surface area contributed by atoms with E-state index < -0.39 is 0 Å². The van der Waals surface area contributed by atoms with Gasteiger partial charge in [0.05, 0.1) is 7.11 Å². The molecule has 2 rings (SSSR count). The van der Waals surface area contributed by atoms with Gasteiger partial charge >= 0.3 is 0 Å². The number of methoxy groups -OCH3 is 1. The first-order valence-corrected chi connectivity index (χ1v) is 8.03. The predicted octanol–water partition coefficient (Wildman–Crippen LogP) is 4.48. The smallest absolute Gasteiger partial charge is 0.121 e. The molecule has 0 amide bonds. The van der Waals surface area contributed by atoms with Crippen LogP contribution in [-0.4, -0.2) is 14.2 Å². The molecular weight excluding hydrogens is 246 g/mol. The van der Waals surface area contributed by atoms with E-state index >= 15 is 0 Å². The Balaban J connectivity index is 2.24. The lowest BCUT2D eigenvalue weighted by Crippen LogP contribution is -2.32. The minimum absolute atomic E-state index is 0.477. The Labute approximate surface area is 123 Å². The van der Waals surface area contributed by atoms with E-state index in [4.69, 9.17) is 4.74 Å². The highest BCUT2D eigenvalue weighted by Crippen LogP contribution is 2.40. The molecule has 1 aliphatic rings. The lowest BCUT2D eigenvalue weighted by molar-refractivity contribution is 0.180. The van der Waals surface area contributed by atoms with Crippen LogP contribution < -0.4 is 10.1 Å². The van der Waals surface area contributed by atoms with Crippen LogP contribution in [0.3, 0.4) is 0 Å². The number of hydrogen-bond acceptors (Lipinski definition) is 2. The van der Waals surface area contributed by atoms with Crippen LogP contribution in [0.25, 0.3) is 0 Å². The van der Waals surface area contributed by atoms with Gasteiger partial charge in [-0.25, -0.2) is 0 Å². The third kappa shape index (κ3) is 3.17. The van der Waals surface area contributed by atoms with Crippen molar-refractivity contribution >= 4 is 0 Å². The summed E-state index contributed by atoms with van der Waals surface area (Å²) in [5.41, 5.74) is 2.64. The first-order valence-electron chi connectivity index (χ1n) is 8.03. The number of rotatable bonds is 5. The first kappa shape index (κ1) is 15.4. The van der Waals surface area contributed by atoms with Crippen molar-refractivity contribution in [3.63, 3.8) is 0 Å². The van der Waals surface area contributed by atoms with E-state index in [0.29, 0.717) is 6.04 Å². The van der Waals surface area contributed by atoms with Gasteiger partial charge in [0.15, 0.2) is 0 Å². The Bertz CT molecular complexity index is 429. The summed E-state index contributed by atoms with van der Waals surface area (Å²) < 4.78 is 5.38. The molecule has 3 atom stereocenters. The predicted molar refractivity (Wildman–Crippen MR) is 85.3 cm³/mol. The van der Waals surface area contributed by atoms with Gasteiger partial charge in [-0.1, -0.05) is 44.7 Å². The summed E-state index contributed by atoms with van der Waals surface area (Å²) in [7, 11) is 3.84. The normalized spacial score (nSPS) is 24.4. The van der Waals surface area contributed by atoms with Crippen LogP contribution in [0.2, 0.25) is 0 Å². The molecule has 0 aliphatic heterocycles. The molecule has 1 aromatic carbocycles. The zero-order valence-corrected chi connectivity index (χ0v) is 13.4. The van der Waals surface area contributed by atoms with Crippen LogP contribution in [0, 0.1) is 18.8 Å². The molecule has 2 nitrogen and oxygen atoms in total. The number of aryl methyl sites for hydroxylation is 1. The summed E-state index contributed by atoms with van der Waals surface area (Å²) in [6, 6.07) is 7.11. The standard InChI is InChI=1S/C18H29NO/c1-5-14-8-6-7-9-16(14)18(19-3)15-10-11-17(20-4)13(2)12-15/h10-12,14,16,18-19H,5-9H2,1-4H3. The van der Waals surface area contributed by atoms with Crippen LogP contribution in [0.15, 0.2) is 18.2 Å². The molecule has 1 saturated carbocycles. The molecule has 0 radical (unpaired) electrons. The molecule has 0 heterocycles. The average molecular weight is 275 g/mol. The monoisotopic (exact) mass is 275 g/mol. The van der Waals surface area contributed by atoms with Crippen LogP contribution in [-0.2, 0) is 0 Å². The molecule has 3 unspecified atom stereocenters. The van der Waals surface area contributed by atoms with Crippen LogP contribution in [0.1, 0.15) is 56.2 Å². The fourth-order valence-corrected chi connectivity index (χ4v) is 3.91. The zero-order valence-electron chi connectivity index (χ0n) is 13.4. The minimum Gasteiger partial charge on any atom is -0.496 e. The van der Waals surface area contributed by atoms with Crippen LogP contribution in [0.5, 0.6) is 5.75 Å².